The fourth-order valence-electron chi connectivity index (χ4n) is 11.0. The predicted molar refractivity (Wildman–Crippen MR) is 283 cm³/mol. The summed E-state index contributed by atoms with van der Waals surface area (Å²) in [6.07, 6.45) is 22.7. The van der Waals surface area contributed by atoms with Crippen LogP contribution in [-0.2, 0) is 38.9 Å². The molecule has 2 aromatic carbocycles. The van der Waals surface area contributed by atoms with Crippen LogP contribution in [0.2, 0.25) is 0 Å². The number of benzene rings is 2. The van der Waals surface area contributed by atoms with Crippen LogP contribution in [-0.4, -0.2) is 89.6 Å². The molecule has 75 heavy (non-hydrogen) atoms. The number of rotatable bonds is 10. The Morgan fingerprint density at radius 3 is 1.39 bits per heavy atom. The minimum Gasteiger partial charge on any atom is -0.364 e. The van der Waals surface area contributed by atoms with Crippen LogP contribution >= 0.6 is 15.9 Å². The molecule has 6 aliphatic rings. The van der Waals surface area contributed by atoms with Gasteiger partial charge in [0.2, 0.25) is 0 Å². The van der Waals surface area contributed by atoms with Crippen LogP contribution in [0.25, 0.3) is 78.5 Å². The average Bonchev–Trinajstić information content (AvgIpc) is 4.12. The highest BCUT2D eigenvalue weighted by atomic mass is 79.9. The smallest absolute Gasteiger partial charge is 0.268 e. The third kappa shape index (κ3) is 8.34. The van der Waals surface area contributed by atoms with Crippen molar-refractivity contribution in [3.05, 3.63) is 119 Å². The molecule has 3 aliphatic heterocycles. The monoisotopic (exact) mass is 1060 g/mol. The molecule has 0 spiro atoms. The summed E-state index contributed by atoms with van der Waals surface area (Å²) in [6, 6.07) is 19.8. The lowest BCUT2D eigenvalue weighted by Gasteiger charge is -2.10. The molecular formula is C55H52BrN17O2. The highest BCUT2D eigenvalue weighted by Crippen LogP contribution is 2.42. The fraction of sp³-hybridized carbons (Fsp3) is 0.345. The number of nitrogens with zero attached hydrogens (tertiary/aromatic N) is 16. The van der Waals surface area contributed by atoms with Crippen LogP contribution in [0, 0.1) is 0 Å². The zero-order valence-corrected chi connectivity index (χ0v) is 42.9. The molecule has 1 amide bonds. The van der Waals surface area contributed by atoms with Crippen LogP contribution in [0.3, 0.4) is 0 Å². The van der Waals surface area contributed by atoms with E-state index in [9.17, 15) is 9.59 Å². The van der Waals surface area contributed by atoms with Gasteiger partial charge in [-0.15, -0.1) is 0 Å². The van der Waals surface area contributed by atoms with Crippen molar-refractivity contribution in [1.29, 1.82) is 0 Å². The summed E-state index contributed by atoms with van der Waals surface area (Å²) in [4.78, 5) is 55.4. The van der Waals surface area contributed by atoms with Crippen molar-refractivity contribution in [2.75, 3.05) is 0 Å². The number of Topliss-reactive ketones (excluding diaryl/α,β-unsaturated/α-hetero) is 1. The molecule has 0 unspecified atom stereocenters. The fourth-order valence-corrected chi connectivity index (χ4v) is 11.6. The van der Waals surface area contributed by atoms with Crippen molar-refractivity contribution >= 4 is 49.4 Å². The molecule has 2 N–H and O–H groups in total. The van der Waals surface area contributed by atoms with Crippen LogP contribution in [0.5, 0.6) is 0 Å². The molecule has 8 aromatic heterocycles. The molecule has 3 aliphatic carbocycles. The van der Waals surface area contributed by atoms with E-state index in [1.165, 1.54) is 63.4 Å². The number of fused-ring (bicyclic) bond motifs is 5. The topological polar surface area (TPSA) is 219 Å². The lowest BCUT2D eigenvalue weighted by atomic mass is 10.0. The molecule has 0 saturated heterocycles. The lowest BCUT2D eigenvalue weighted by molar-refractivity contribution is 0.0993. The number of aromatic nitrogens is 16. The van der Waals surface area contributed by atoms with Crippen LogP contribution in [0.15, 0.2) is 90.4 Å². The van der Waals surface area contributed by atoms with E-state index in [1.807, 2.05) is 47.3 Å². The maximum Gasteiger partial charge on any atom is 0.268 e. The number of hydrogen-bond donors (Lipinski definition) is 1. The molecule has 0 atom stereocenters. The summed E-state index contributed by atoms with van der Waals surface area (Å²) in [5.41, 5.74) is 17.4. The molecule has 10 aromatic rings. The summed E-state index contributed by atoms with van der Waals surface area (Å²) in [5, 5.41) is 15.7. The summed E-state index contributed by atoms with van der Waals surface area (Å²) in [5.74, 6) is 2.75. The molecule has 11 heterocycles. The first-order valence-electron chi connectivity index (χ1n) is 26.1. The first kappa shape index (κ1) is 45.6. The van der Waals surface area contributed by atoms with Crippen molar-refractivity contribution in [1.82, 2.24) is 77.9 Å². The summed E-state index contributed by atoms with van der Waals surface area (Å²) < 4.78 is 14.1. The van der Waals surface area contributed by atoms with E-state index < -0.39 is 5.91 Å². The first-order valence-corrected chi connectivity index (χ1v) is 26.9. The number of primary amides is 1. The van der Waals surface area contributed by atoms with E-state index in [-0.39, 0.29) is 11.5 Å². The lowest BCUT2D eigenvalue weighted by Crippen LogP contribution is -2.13. The Kier molecular flexibility index (Phi) is 11.0. The van der Waals surface area contributed by atoms with Crippen molar-refractivity contribution < 1.29 is 9.59 Å². The summed E-state index contributed by atoms with van der Waals surface area (Å²) in [6.45, 7) is 4.49. The SMILES string of the molecule is Brc1c(-c2ccn(C3CC3)n2)nc2n1CCC2.CC(=O)c1ncnc2ccc(-c3c(-c4ccn(C5CC5)n4)nc4n3CCC4)cc12.NC(=O)c1ncnc2ccc(-c3c(-c4ccn(C5CC5)n4)nc4n3CCC4)cc12. The van der Waals surface area contributed by atoms with Crippen molar-refractivity contribution in [2.24, 2.45) is 5.73 Å². The number of halogens is 1. The number of imidazole rings is 3. The van der Waals surface area contributed by atoms with Gasteiger partial charge in [-0.2, -0.15) is 15.3 Å². The molecule has 3 saturated carbocycles. The number of aryl methyl sites for hydroxylation is 3. The standard InChI is InChI=1S/C22H20N6O.C21H19N7O.C12H13BrN4/c1-13(29)20-16-11-14(4-7-17(16)23-12-24-20)22-21(25-19-3-2-9-27(19)22)18-8-10-28(26-18)15-5-6-15;22-21(29)18-14-10-12(3-6-15(14)23-11-24-18)20-19(25-17-2-1-8-27(17)20)16-7-9-28(26-16)13-4-5-13;13-12-11(14-10-2-1-6-16(10)12)9-5-7-17(15-9)8-3-4-8/h4,7-8,10-12,15H,2-3,5-6,9H2,1H3;3,6-7,9-11,13H,1-2,4-5,8H2,(H2,22,29);5,7-8H,1-4,6H2. The zero-order valence-electron chi connectivity index (χ0n) is 41.3. The van der Waals surface area contributed by atoms with E-state index in [2.05, 4.69) is 94.6 Å². The minimum atomic E-state index is -0.559. The summed E-state index contributed by atoms with van der Waals surface area (Å²) >= 11 is 3.65. The van der Waals surface area contributed by atoms with Crippen molar-refractivity contribution in [3.63, 3.8) is 0 Å². The van der Waals surface area contributed by atoms with Crippen LogP contribution in [0.4, 0.5) is 0 Å². The van der Waals surface area contributed by atoms with Gasteiger partial charge in [0.05, 0.1) is 40.5 Å². The molecular weight excluding hydrogens is 1010 g/mol. The normalized spacial score (nSPS) is 16.4. The first-order chi connectivity index (χ1) is 36.7. The van der Waals surface area contributed by atoms with Gasteiger partial charge < -0.3 is 19.4 Å². The third-order valence-electron chi connectivity index (χ3n) is 15.1. The molecule has 19 nitrogen and oxygen atoms in total. The predicted octanol–water partition coefficient (Wildman–Crippen LogP) is 9.37. The van der Waals surface area contributed by atoms with Gasteiger partial charge in [-0.3, -0.25) is 23.6 Å². The Balaban J connectivity index is 0.000000107. The Bertz CT molecular complexity index is 3710. The van der Waals surface area contributed by atoms with Gasteiger partial charge in [0.15, 0.2) is 5.78 Å². The van der Waals surface area contributed by atoms with E-state index >= 15 is 0 Å². The van der Waals surface area contributed by atoms with E-state index in [0.717, 1.165) is 136 Å². The number of carbonyl (C=O) groups is 2. The molecule has 0 bridgehead atoms. The van der Waals surface area contributed by atoms with Gasteiger partial charge in [-0.05, 0) is 116 Å². The second kappa shape index (κ2) is 18.1. The van der Waals surface area contributed by atoms with Gasteiger partial charge >= 0.3 is 0 Å². The number of nitrogens with two attached hydrogens (primary N) is 1. The summed E-state index contributed by atoms with van der Waals surface area (Å²) in [7, 11) is 0. The molecule has 376 valence electrons. The Morgan fingerprint density at radius 1 is 0.533 bits per heavy atom. The maximum absolute atomic E-state index is 12.1. The van der Waals surface area contributed by atoms with Gasteiger partial charge in [0.25, 0.3) is 5.91 Å². The highest BCUT2D eigenvalue weighted by Gasteiger charge is 2.31. The average molecular weight is 1060 g/mol. The Morgan fingerprint density at radius 2 is 0.947 bits per heavy atom. The number of hydrogen-bond acceptors (Lipinski definition) is 12. The van der Waals surface area contributed by atoms with Gasteiger partial charge in [0.1, 0.15) is 80.3 Å². The zero-order chi connectivity index (χ0) is 50.5. The van der Waals surface area contributed by atoms with E-state index in [0.29, 0.717) is 34.7 Å². The third-order valence-corrected chi connectivity index (χ3v) is 15.9. The van der Waals surface area contributed by atoms with Crippen LogP contribution < -0.4 is 5.73 Å². The Labute approximate surface area is 438 Å². The van der Waals surface area contributed by atoms with Gasteiger partial charge in [-0.1, -0.05) is 12.1 Å². The largest absolute Gasteiger partial charge is 0.364 e. The number of ketones is 1. The van der Waals surface area contributed by atoms with Crippen molar-refractivity contribution in [2.45, 2.75) is 122 Å². The second-order valence-corrected chi connectivity index (χ2v) is 21.2. The van der Waals surface area contributed by atoms with E-state index in [1.54, 1.807) is 6.92 Å². The molecule has 20 heteroatoms. The minimum absolute atomic E-state index is 0.0588. The number of amides is 1. The van der Waals surface area contributed by atoms with E-state index in [4.69, 9.17) is 30.9 Å². The highest BCUT2D eigenvalue weighted by molar-refractivity contribution is 9.10. The molecule has 16 rings (SSSR count). The van der Waals surface area contributed by atoms with Crippen molar-refractivity contribution in [3.8, 4) is 56.7 Å². The van der Waals surface area contributed by atoms with Gasteiger partial charge in [0, 0.05) is 86.3 Å². The van der Waals surface area contributed by atoms with Gasteiger partial charge in [-0.25, -0.2) is 34.9 Å². The Hall–Kier alpha value is -8.00. The molecule has 0 radical (unpaired) electrons. The quantitative estimate of drug-likeness (QED) is 0.127. The van der Waals surface area contributed by atoms with Crippen LogP contribution in [0.1, 0.15) is 121 Å². The number of carbonyl (C=O) groups excluding carboxylic acids is 2. The second-order valence-electron chi connectivity index (χ2n) is 20.4. The maximum atomic E-state index is 12.1. The molecule has 3 fully saturated rings.